The molecule has 0 aliphatic carbocycles. The van der Waals surface area contributed by atoms with Gasteiger partial charge in [0.2, 0.25) is 15.9 Å². The van der Waals surface area contributed by atoms with Gasteiger partial charge in [0.15, 0.2) is 0 Å². The van der Waals surface area contributed by atoms with Gasteiger partial charge in [0.05, 0.1) is 12.2 Å². The number of aromatic amines is 1. The maximum Gasteiger partial charge on any atom is 0.248 e. The Labute approximate surface area is 115 Å². The maximum atomic E-state index is 12.1. The fraction of sp³-hybridized carbons (Fsp3) is 0.0909. The summed E-state index contributed by atoms with van der Waals surface area (Å²) < 4.78 is 26.5. The Bertz CT molecular complexity index is 725. The first kappa shape index (κ1) is 14.0. The van der Waals surface area contributed by atoms with Crippen LogP contribution in [0.4, 0.5) is 5.69 Å². The minimum Gasteiger partial charge on any atom is -0.398 e. The standard InChI is InChI=1S/C11H13N5O3S/c12-8-5-7(11(13)17)1-2-9(8)20(18,19)16-6-10-14-3-4-15-10/h1-5,16H,6,12H2,(H2,13,17)(H,14,15). The number of benzene rings is 1. The molecule has 0 aliphatic heterocycles. The summed E-state index contributed by atoms with van der Waals surface area (Å²) in [5.41, 5.74) is 10.8. The summed E-state index contributed by atoms with van der Waals surface area (Å²) in [6.45, 7) is 0.00629. The largest absolute Gasteiger partial charge is 0.398 e. The van der Waals surface area contributed by atoms with Gasteiger partial charge in [0.25, 0.3) is 0 Å². The van der Waals surface area contributed by atoms with Crippen LogP contribution in [0.5, 0.6) is 0 Å². The average molecular weight is 295 g/mol. The smallest absolute Gasteiger partial charge is 0.248 e. The number of primary amides is 1. The van der Waals surface area contributed by atoms with Gasteiger partial charge in [0, 0.05) is 18.0 Å². The van der Waals surface area contributed by atoms with E-state index in [0.717, 1.165) is 0 Å². The topological polar surface area (TPSA) is 144 Å². The zero-order chi connectivity index (χ0) is 14.8. The van der Waals surface area contributed by atoms with Gasteiger partial charge in [-0.15, -0.1) is 0 Å². The molecule has 0 unspecified atom stereocenters. The summed E-state index contributed by atoms with van der Waals surface area (Å²) in [6.07, 6.45) is 3.10. The molecule has 20 heavy (non-hydrogen) atoms. The van der Waals surface area contributed by atoms with E-state index in [9.17, 15) is 13.2 Å². The first-order valence-corrected chi connectivity index (χ1v) is 7.06. The summed E-state index contributed by atoms with van der Waals surface area (Å²) in [5, 5.41) is 0. The lowest BCUT2D eigenvalue weighted by Crippen LogP contribution is -2.25. The number of anilines is 1. The molecule has 9 heteroatoms. The van der Waals surface area contributed by atoms with E-state index in [-0.39, 0.29) is 22.7 Å². The van der Waals surface area contributed by atoms with Gasteiger partial charge >= 0.3 is 0 Å². The quantitative estimate of drug-likeness (QED) is 0.553. The Morgan fingerprint density at radius 2 is 2.15 bits per heavy atom. The molecule has 2 aromatic rings. The highest BCUT2D eigenvalue weighted by molar-refractivity contribution is 7.89. The fourth-order valence-corrected chi connectivity index (χ4v) is 2.68. The Kier molecular flexibility index (Phi) is 3.72. The van der Waals surface area contributed by atoms with Crippen LogP contribution in [-0.2, 0) is 16.6 Å². The minimum atomic E-state index is -3.80. The molecule has 0 bridgehead atoms. The minimum absolute atomic E-state index is 0.00629. The Balaban J connectivity index is 2.23. The number of hydrogen-bond donors (Lipinski definition) is 4. The molecule has 0 spiro atoms. The van der Waals surface area contributed by atoms with Gasteiger partial charge in [-0.3, -0.25) is 4.79 Å². The van der Waals surface area contributed by atoms with E-state index >= 15 is 0 Å². The summed E-state index contributed by atoms with van der Waals surface area (Å²) in [5.74, 6) is -0.204. The second-order valence-electron chi connectivity index (χ2n) is 3.98. The Morgan fingerprint density at radius 3 is 2.70 bits per heavy atom. The molecule has 0 aliphatic rings. The molecule has 1 aromatic heterocycles. The zero-order valence-corrected chi connectivity index (χ0v) is 11.1. The number of nitrogens with two attached hydrogens (primary N) is 2. The van der Waals surface area contributed by atoms with E-state index in [4.69, 9.17) is 11.5 Å². The van der Waals surface area contributed by atoms with Crippen LogP contribution in [0.2, 0.25) is 0 Å². The van der Waals surface area contributed by atoms with Gasteiger partial charge in [-0.2, -0.15) is 0 Å². The highest BCUT2D eigenvalue weighted by atomic mass is 32.2. The second kappa shape index (κ2) is 5.31. The summed E-state index contributed by atoms with van der Waals surface area (Å²) in [4.78, 5) is 17.5. The van der Waals surface area contributed by atoms with Crippen LogP contribution in [0.25, 0.3) is 0 Å². The van der Waals surface area contributed by atoms with Crippen molar-refractivity contribution in [3.63, 3.8) is 0 Å². The SMILES string of the molecule is NC(=O)c1ccc(S(=O)(=O)NCc2ncc[nH]2)c(N)c1. The highest BCUT2D eigenvalue weighted by Gasteiger charge is 2.18. The first-order chi connectivity index (χ1) is 9.40. The number of amides is 1. The van der Waals surface area contributed by atoms with Gasteiger partial charge in [-0.1, -0.05) is 0 Å². The predicted molar refractivity (Wildman–Crippen MR) is 72.0 cm³/mol. The van der Waals surface area contributed by atoms with E-state index in [1.54, 1.807) is 6.20 Å². The number of nitrogens with zero attached hydrogens (tertiary/aromatic N) is 1. The van der Waals surface area contributed by atoms with Gasteiger partial charge < -0.3 is 16.5 Å². The lowest BCUT2D eigenvalue weighted by molar-refractivity contribution is 0.1000. The summed E-state index contributed by atoms with van der Waals surface area (Å²) >= 11 is 0. The third kappa shape index (κ3) is 2.95. The molecular weight excluding hydrogens is 282 g/mol. The number of carbonyl (C=O) groups excluding carboxylic acids is 1. The maximum absolute atomic E-state index is 12.1. The van der Waals surface area contributed by atoms with Crippen molar-refractivity contribution in [2.24, 2.45) is 5.73 Å². The molecule has 106 valence electrons. The third-order valence-electron chi connectivity index (χ3n) is 2.57. The van der Waals surface area contributed by atoms with Gasteiger partial charge in [-0.05, 0) is 18.2 Å². The fourth-order valence-electron chi connectivity index (χ4n) is 1.58. The Morgan fingerprint density at radius 1 is 1.40 bits per heavy atom. The van der Waals surface area contributed by atoms with Crippen molar-refractivity contribution in [1.29, 1.82) is 0 Å². The summed E-state index contributed by atoms with van der Waals surface area (Å²) in [6, 6.07) is 3.77. The number of nitrogens with one attached hydrogen (secondary N) is 2. The number of sulfonamides is 1. The molecule has 1 aromatic carbocycles. The summed E-state index contributed by atoms with van der Waals surface area (Å²) in [7, 11) is -3.80. The normalized spacial score (nSPS) is 11.4. The number of aromatic nitrogens is 2. The van der Waals surface area contributed by atoms with Crippen LogP contribution >= 0.6 is 0 Å². The van der Waals surface area contributed by atoms with Crippen molar-refractivity contribution >= 4 is 21.6 Å². The van der Waals surface area contributed by atoms with Crippen LogP contribution in [0.15, 0.2) is 35.5 Å². The molecule has 0 radical (unpaired) electrons. The molecule has 0 saturated carbocycles. The molecule has 2 rings (SSSR count). The number of rotatable bonds is 5. The van der Waals surface area contributed by atoms with Crippen molar-refractivity contribution in [3.8, 4) is 0 Å². The van der Waals surface area contributed by atoms with Crippen LogP contribution < -0.4 is 16.2 Å². The van der Waals surface area contributed by atoms with E-state index in [1.165, 1.54) is 24.4 Å². The number of imidazole rings is 1. The van der Waals surface area contributed by atoms with Crippen LogP contribution in [0, 0.1) is 0 Å². The lowest BCUT2D eigenvalue weighted by Gasteiger charge is -2.09. The van der Waals surface area contributed by atoms with Crippen molar-refractivity contribution in [3.05, 3.63) is 42.0 Å². The number of nitrogen functional groups attached to an aromatic ring is 1. The second-order valence-corrected chi connectivity index (χ2v) is 5.71. The predicted octanol–water partition coefficient (Wildman–Crippen LogP) is -0.431. The molecule has 0 atom stereocenters. The van der Waals surface area contributed by atoms with Crippen molar-refractivity contribution in [1.82, 2.24) is 14.7 Å². The molecule has 6 N–H and O–H groups in total. The zero-order valence-electron chi connectivity index (χ0n) is 10.3. The lowest BCUT2D eigenvalue weighted by atomic mass is 10.2. The molecular formula is C11H13N5O3S. The Hall–Kier alpha value is -2.39. The van der Waals surface area contributed by atoms with E-state index in [0.29, 0.717) is 5.82 Å². The van der Waals surface area contributed by atoms with Gasteiger partial charge in [-0.25, -0.2) is 18.1 Å². The average Bonchev–Trinajstić information content (AvgIpc) is 2.89. The monoisotopic (exact) mass is 295 g/mol. The molecule has 0 fully saturated rings. The first-order valence-electron chi connectivity index (χ1n) is 5.57. The van der Waals surface area contributed by atoms with Crippen LogP contribution in [0.1, 0.15) is 16.2 Å². The van der Waals surface area contributed by atoms with Crippen LogP contribution in [0.3, 0.4) is 0 Å². The number of hydrogen-bond acceptors (Lipinski definition) is 5. The highest BCUT2D eigenvalue weighted by Crippen LogP contribution is 2.19. The molecule has 8 nitrogen and oxygen atoms in total. The van der Waals surface area contributed by atoms with Crippen LogP contribution in [-0.4, -0.2) is 24.3 Å². The number of carbonyl (C=O) groups is 1. The van der Waals surface area contributed by atoms with Crippen molar-refractivity contribution in [2.75, 3.05) is 5.73 Å². The van der Waals surface area contributed by atoms with E-state index in [1.807, 2.05) is 0 Å². The van der Waals surface area contributed by atoms with Gasteiger partial charge in [0.1, 0.15) is 10.7 Å². The van der Waals surface area contributed by atoms with Crippen molar-refractivity contribution < 1.29 is 13.2 Å². The molecule has 1 amide bonds. The van der Waals surface area contributed by atoms with E-state index < -0.39 is 15.9 Å². The molecule has 0 saturated heterocycles. The third-order valence-corrected chi connectivity index (χ3v) is 4.04. The molecule has 1 heterocycles. The van der Waals surface area contributed by atoms with E-state index in [2.05, 4.69) is 14.7 Å². The number of H-pyrrole nitrogens is 1. The van der Waals surface area contributed by atoms with Crippen molar-refractivity contribution in [2.45, 2.75) is 11.4 Å².